The van der Waals surface area contributed by atoms with Gasteiger partial charge in [-0.1, -0.05) is 19.1 Å². The van der Waals surface area contributed by atoms with E-state index in [1.54, 1.807) is 18.2 Å². The molecule has 2 rings (SSSR count). The second-order valence-corrected chi connectivity index (χ2v) is 5.83. The number of H-pyrrole nitrogens is 1. The Morgan fingerprint density at radius 3 is 2.70 bits per heavy atom. The van der Waals surface area contributed by atoms with Gasteiger partial charge in [-0.25, -0.2) is 9.18 Å². The number of ketones is 1. The van der Waals surface area contributed by atoms with E-state index < -0.39 is 22.8 Å². The number of aromatic nitrogens is 2. The SMILES string of the molecule is CCCn1c(N)c(C(=O)CSc2ccccc2F)c(=O)[nH]c1=O. The molecule has 0 saturated carbocycles. The maximum atomic E-state index is 13.5. The maximum absolute atomic E-state index is 13.5. The number of anilines is 1. The third-order valence-electron chi connectivity index (χ3n) is 3.16. The summed E-state index contributed by atoms with van der Waals surface area (Å²) in [7, 11) is 0. The molecule has 122 valence electrons. The average molecular weight is 337 g/mol. The van der Waals surface area contributed by atoms with Crippen LogP contribution in [0.25, 0.3) is 0 Å². The fraction of sp³-hybridized carbons (Fsp3) is 0.267. The van der Waals surface area contributed by atoms with Gasteiger partial charge in [-0.2, -0.15) is 0 Å². The molecule has 0 aliphatic rings. The van der Waals surface area contributed by atoms with Crippen LogP contribution < -0.4 is 17.0 Å². The average Bonchev–Trinajstić information content (AvgIpc) is 2.50. The van der Waals surface area contributed by atoms with Crippen molar-refractivity contribution in [3.05, 3.63) is 56.5 Å². The fourth-order valence-corrected chi connectivity index (χ4v) is 2.89. The highest BCUT2D eigenvalue weighted by Crippen LogP contribution is 2.22. The van der Waals surface area contributed by atoms with E-state index in [2.05, 4.69) is 4.98 Å². The van der Waals surface area contributed by atoms with Gasteiger partial charge in [0, 0.05) is 11.4 Å². The molecule has 1 heterocycles. The largest absolute Gasteiger partial charge is 0.384 e. The molecule has 1 aromatic carbocycles. The molecule has 0 bridgehead atoms. The van der Waals surface area contributed by atoms with Crippen LogP contribution in [0.3, 0.4) is 0 Å². The molecule has 0 unspecified atom stereocenters. The van der Waals surface area contributed by atoms with E-state index in [1.165, 1.54) is 6.07 Å². The molecule has 6 nitrogen and oxygen atoms in total. The van der Waals surface area contributed by atoms with Gasteiger partial charge in [-0.3, -0.25) is 19.1 Å². The number of Topliss-reactive ketones (excluding diaryl/α,β-unsaturated/α-hetero) is 1. The molecule has 0 aliphatic carbocycles. The van der Waals surface area contributed by atoms with Gasteiger partial charge in [0.1, 0.15) is 17.2 Å². The van der Waals surface area contributed by atoms with Crippen LogP contribution in [-0.2, 0) is 6.54 Å². The number of benzene rings is 1. The van der Waals surface area contributed by atoms with Crippen LogP contribution >= 0.6 is 11.8 Å². The Morgan fingerprint density at radius 1 is 1.35 bits per heavy atom. The Balaban J connectivity index is 2.29. The van der Waals surface area contributed by atoms with E-state index in [1.807, 2.05) is 6.92 Å². The van der Waals surface area contributed by atoms with Crippen LogP contribution in [0.4, 0.5) is 10.2 Å². The summed E-state index contributed by atoms with van der Waals surface area (Å²) in [6.45, 7) is 2.13. The van der Waals surface area contributed by atoms with E-state index in [9.17, 15) is 18.8 Å². The van der Waals surface area contributed by atoms with Crippen LogP contribution in [-0.4, -0.2) is 21.1 Å². The van der Waals surface area contributed by atoms with Crippen LogP contribution in [0.15, 0.2) is 38.8 Å². The van der Waals surface area contributed by atoms with Gasteiger partial charge < -0.3 is 5.73 Å². The quantitative estimate of drug-likeness (QED) is 0.617. The van der Waals surface area contributed by atoms with E-state index >= 15 is 0 Å². The van der Waals surface area contributed by atoms with Crippen molar-refractivity contribution >= 4 is 23.4 Å². The first-order valence-corrected chi connectivity index (χ1v) is 7.97. The Bertz CT molecular complexity index is 845. The standard InChI is InChI=1S/C15H16FN3O3S/c1-2-7-19-13(17)12(14(21)18-15(19)22)10(20)8-23-11-6-4-3-5-9(11)16/h3-6H,2,7-8,17H2,1H3,(H,18,21,22). The molecule has 3 N–H and O–H groups in total. The van der Waals surface area contributed by atoms with E-state index in [0.717, 1.165) is 16.3 Å². The van der Waals surface area contributed by atoms with E-state index in [4.69, 9.17) is 5.73 Å². The van der Waals surface area contributed by atoms with Gasteiger partial charge in [-0.05, 0) is 18.6 Å². The second-order valence-electron chi connectivity index (χ2n) is 4.81. The first kappa shape index (κ1) is 17.0. The lowest BCUT2D eigenvalue weighted by molar-refractivity contribution is 0.102. The summed E-state index contributed by atoms with van der Waals surface area (Å²) in [5.74, 6) is -1.30. The molecule has 0 aliphatic heterocycles. The molecule has 23 heavy (non-hydrogen) atoms. The van der Waals surface area contributed by atoms with Gasteiger partial charge in [0.25, 0.3) is 5.56 Å². The van der Waals surface area contributed by atoms with Crippen molar-refractivity contribution < 1.29 is 9.18 Å². The number of aromatic amines is 1. The zero-order chi connectivity index (χ0) is 17.0. The van der Waals surface area contributed by atoms with Crippen molar-refractivity contribution in [3.63, 3.8) is 0 Å². The third kappa shape index (κ3) is 3.70. The van der Waals surface area contributed by atoms with Crippen molar-refractivity contribution in [2.45, 2.75) is 24.8 Å². The van der Waals surface area contributed by atoms with Crippen molar-refractivity contribution in [2.24, 2.45) is 0 Å². The minimum atomic E-state index is -0.820. The van der Waals surface area contributed by atoms with Crippen molar-refractivity contribution in [3.8, 4) is 0 Å². The summed E-state index contributed by atoms with van der Waals surface area (Å²) < 4.78 is 14.7. The molecule has 0 amide bonds. The first-order chi connectivity index (χ1) is 11.0. The van der Waals surface area contributed by atoms with Gasteiger partial charge in [0.15, 0.2) is 5.78 Å². The first-order valence-electron chi connectivity index (χ1n) is 6.98. The van der Waals surface area contributed by atoms with Crippen molar-refractivity contribution in [1.82, 2.24) is 9.55 Å². The number of hydrogen-bond donors (Lipinski definition) is 2. The molecular weight excluding hydrogens is 321 g/mol. The number of thioether (sulfide) groups is 1. The summed E-state index contributed by atoms with van der Waals surface area (Å²) in [5, 5.41) is 0. The number of halogens is 1. The Morgan fingerprint density at radius 2 is 2.04 bits per heavy atom. The molecule has 2 aromatic rings. The van der Waals surface area contributed by atoms with Crippen LogP contribution in [0.1, 0.15) is 23.7 Å². The van der Waals surface area contributed by atoms with Crippen molar-refractivity contribution in [2.75, 3.05) is 11.5 Å². The summed E-state index contributed by atoms with van der Waals surface area (Å²) in [6.07, 6.45) is 0.619. The molecule has 0 saturated heterocycles. The highest BCUT2D eigenvalue weighted by molar-refractivity contribution is 8.00. The summed E-state index contributed by atoms with van der Waals surface area (Å²) in [4.78, 5) is 38.3. The predicted molar refractivity (Wildman–Crippen MR) is 87.5 cm³/mol. The van der Waals surface area contributed by atoms with E-state index in [0.29, 0.717) is 17.9 Å². The molecule has 1 aromatic heterocycles. The zero-order valence-corrected chi connectivity index (χ0v) is 13.3. The summed E-state index contributed by atoms with van der Waals surface area (Å²) in [6, 6.07) is 6.03. The van der Waals surface area contributed by atoms with Crippen LogP contribution in [0.2, 0.25) is 0 Å². The van der Waals surface area contributed by atoms with Crippen LogP contribution in [0, 0.1) is 5.82 Å². The number of nitrogen functional groups attached to an aromatic ring is 1. The number of hydrogen-bond acceptors (Lipinski definition) is 5. The molecule has 0 atom stereocenters. The highest BCUT2D eigenvalue weighted by Gasteiger charge is 2.19. The predicted octanol–water partition coefficient (Wildman–Crippen LogP) is 1.64. The van der Waals surface area contributed by atoms with Crippen LogP contribution in [0.5, 0.6) is 0 Å². The lowest BCUT2D eigenvalue weighted by Crippen LogP contribution is -2.36. The Kier molecular flexibility index (Phi) is 5.38. The maximum Gasteiger partial charge on any atom is 0.329 e. The monoisotopic (exact) mass is 337 g/mol. The molecule has 8 heteroatoms. The van der Waals surface area contributed by atoms with Crippen molar-refractivity contribution in [1.29, 1.82) is 0 Å². The topological polar surface area (TPSA) is 97.9 Å². The highest BCUT2D eigenvalue weighted by atomic mass is 32.2. The van der Waals surface area contributed by atoms with Gasteiger partial charge in [-0.15, -0.1) is 11.8 Å². The number of nitrogens with zero attached hydrogens (tertiary/aromatic N) is 1. The molecule has 0 spiro atoms. The minimum Gasteiger partial charge on any atom is -0.384 e. The number of nitrogens with two attached hydrogens (primary N) is 1. The normalized spacial score (nSPS) is 10.7. The number of rotatable bonds is 6. The Labute approximate surface area is 135 Å². The number of carbonyl (C=O) groups is 1. The fourth-order valence-electron chi connectivity index (χ4n) is 2.08. The smallest absolute Gasteiger partial charge is 0.329 e. The molecular formula is C15H16FN3O3S. The summed E-state index contributed by atoms with van der Waals surface area (Å²) >= 11 is 0.971. The van der Waals surface area contributed by atoms with Gasteiger partial charge in [0.05, 0.1) is 5.75 Å². The third-order valence-corrected chi connectivity index (χ3v) is 4.21. The van der Waals surface area contributed by atoms with Gasteiger partial charge in [0.2, 0.25) is 0 Å². The molecule has 0 fully saturated rings. The lowest BCUT2D eigenvalue weighted by Gasteiger charge is -2.11. The lowest BCUT2D eigenvalue weighted by atomic mass is 10.2. The molecule has 0 radical (unpaired) electrons. The Hall–Kier alpha value is -2.35. The minimum absolute atomic E-state index is 0.153. The number of nitrogens with one attached hydrogen (secondary N) is 1. The zero-order valence-electron chi connectivity index (χ0n) is 12.5. The number of carbonyl (C=O) groups excluding carboxylic acids is 1. The second kappa shape index (κ2) is 7.28. The van der Waals surface area contributed by atoms with Gasteiger partial charge >= 0.3 is 5.69 Å². The van der Waals surface area contributed by atoms with E-state index in [-0.39, 0.29) is 17.1 Å². The summed E-state index contributed by atoms with van der Waals surface area (Å²) in [5.41, 5.74) is 4.08.